The van der Waals surface area contributed by atoms with Crippen LogP contribution in [0.4, 0.5) is 4.39 Å². The maximum Gasteiger partial charge on any atom is 0.253 e. The molecule has 1 saturated heterocycles. The van der Waals surface area contributed by atoms with Crippen LogP contribution in [0, 0.1) is 24.6 Å². The molecule has 1 aliphatic rings. The number of nitrogens with one attached hydrogen (secondary N) is 2. The van der Waals surface area contributed by atoms with Crippen LogP contribution in [0.1, 0.15) is 42.7 Å². The molecule has 0 bridgehead atoms. The van der Waals surface area contributed by atoms with Crippen molar-refractivity contribution in [2.45, 2.75) is 33.6 Å². The van der Waals surface area contributed by atoms with Gasteiger partial charge >= 0.3 is 0 Å². The molecule has 1 aromatic heterocycles. The highest BCUT2D eigenvalue weighted by atomic mass is 19.1. The van der Waals surface area contributed by atoms with Crippen molar-refractivity contribution in [2.75, 3.05) is 26.2 Å². The van der Waals surface area contributed by atoms with E-state index in [4.69, 9.17) is 0 Å². The highest BCUT2D eigenvalue weighted by Gasteiger charge is 2.22. The van der Waals surface area contributed by atoms with Gasteiger partial charge in [0.2, 0.25) is 0 Å². The maximum atomic E-state index is 13.5. The summed E-state index contributed by atoms with van der Waals surface area (Å²) in [7, 11) is 0. The van der Waals surface area contributed by atoms with Crippen LogP contribution in [0.15, 0.2) is 18.2 Å². The summed E-state index contributed by atoms with van der Waals surface area (Å²) in [5.41, 5.74) is 2.14. The summed E-state index contributed by atoms with van der Waals surface area (Å²) >= 11 is 0. The molecule has 136 valence electrons. The topological polar surface area (TPSA) is 48.1 Å². The van der Waals surface area contributed by atoms with Crippen molar-refractivity contribution in [3.05, 3.63) is 35.3 Å². The third-order valence-electron chi connectivity index (χ3n) is 5.06. The van der Waals surface area contributed by atoms with E-state index in [1.807, 2.05) is 6.92 Å². The van der Waals surface area contributed by atoms with Gasteiger partial charge in [0.05, 0.1) is 5.56 Å². The number of amides is 1. The Labute approximate surface area is 148 Å². The number of fused-ring (bicyclic) bond motifs is 1. The third kappa shape index (κ3) is 4.21. The minimum Gasteiger partial charge on any atom is -0.358 e. The number of nitrogens with zero attached hydrogens (tertiary/aromatic N) is 1. The van der Waals surface area contributed by atoms with Gasteiger partial charge in [-0.05, 0) is 62.9 Å². The fourth-order valence-electron chi connectivity index (χ4n) is 3.81. The molecule has 2 heterocycles. The van der Waals surface area contributed by atoms with Crippen molar-refractivity contribution >= 4 is 16.8 Å². The van der Waals surface area contributed by atoms with Crippen LogP contribution in [0.25, 0.3) is 10.9 Å². The third-order valence-corrected chi connectivity index (χ3v) is 5.06. The highest BCUT2D eigenvalue weighted by Crippen LogP contribution is 2.23. The van der Waals surface area contributed by atoms with Crippen LogP contribution in [-0.2, 0) is 0 Å². The zero-order valence-corrected chi connectivity index (χ0v) is 15.4. The van der Waals surface area contributed by atoms with E-state index in [2.05, 4.69) is 29.0 Å². The standard InChI is InChI=1S/C20H28FN3O/c1-13(2)12-24-8-6-15(7-9-24)11-22-20(25)19-14(3)23-18-5-4-16(21)10-17(18)19/h4-5,10,13,15,23H,6-9,11-12H2,1-3H3,(H,22,25). The number of hydrogen-bond donors (Lipinski definition) is 2. The lowest BCUT2D eigenvalue weighted by Crippen LogP contribution is -2.40. The summed E-state index contributed by atoms with van der Waals surface area (Å²) in [6.07, 6.45) is 2.24. The summed E-state index contributed by atoms with van der Waals surface area (Å²) in [6.45, 7) is 10.4. The number of hydrogen-bond acceptors (Lipinski definition) is 2. The van der Waals surface area contributed by atoms with Crippen molar-refractivity contribution in [1.82, 2.24) is 15.2 Å². The van der Waals surface area contributed by atoms with Gasteiger partial charge in [0, 0.05) is 29.7 Å². The van der Waals surface area contributed by atoms with Crippen molar-refractivity contribution in [3.63, 3.8) is 0 Å². The van der Waals surface area contributed by atoms with Gasteiger partial charge in [0.15, 0.2) is 0 Å². The summed E-state index contributed by atoms with van der Waals surface area (Å²) in [4.78, 5) is 18.3. The number of aryl methyl sites for hydroxylation is 1. The molecular formula is C20H28FN3O. The van der Waals surface area contributed by atoms with E-state index in [1.54, 1.807) is 6.07 Å². The van der Waals surface area contributed by atoms with E-state index < -0.39 is 0 Å². The number of piperidine rings is 1. The van der Waals surface area contributed by atoms with Gasteiger partial charge in [-0.3, -0.25) is 4.79 Å². The van der Waals surface area contributed by atoms with E-state index in [0.717, 1.165) is 43.7 Å². The molecule has 1 amide bonds. The van der Waals surface area contributed by atoms with E-state index >= 15 is 0 Å². The Morgan fingerprint density at radius 3 is 2.76 bits per heavy atom. The quantitative estimate of drug-likeness (QED) is 0.868. The van der Waals surface area contributed by atoms with E-state index in [0.29, 0.717) is 29.3 Å². The summed E-state index contributed by atoms with van der Waals surface area (Å²) < 4.78 is 13.5. The number of carbonyl (C=O) groups excluding carboxylic acids is 1. The van der Waals surface area contributed by atoms with Crippen molar-refractivity contribution in [2.24, 2.45) is 11.8 Å². The molecule has 25 heavy (non-hydrogen) atoms. The summed E-state index contributed by atoms with van der Waals surface area (Å²) in [6, 6.07) is 4.52. The number of H-pyrrole nitrogens is 1. The number of benzene rings is 1. The lowest BCUT2D eigenvalue weighted by molar-refractivity contribution is 0.0935. The first-order valence-corrected chi connectivity index (χ1v) is 9.22. The first kappa shape index (κ1) is 17.9. The Kier molecular flexibility index (Phi) is 5.42. The van der Waals surface area contributed by atoms with Crippen LogP contribution >= 0.6 is 0 Å². The fourth-order valence-corrected chi connectivity index (χ4v) is 3.81. The van der Waals surface area contributed by atoms with Gasteiger partial charge in [-0.25, -0.2) is 4.39 Å². The second-order valence-corrected chi connectivity index (χ2v) is 7.66. The number of rotatable bonds is 5. The average molecular weight is 345 g/mol. The second kappa shape index (κ2) is 7.56. The summed E-state index contributed by atoms with van der Waals surface area (Å²) in [5.74, 6) is 0.785. The van der Waals surface area contributed by atoms with Crippen LogP contribution < -0.4 is 5.32 Å². The van der Waals surface area contributed by atoms with Crippen LogP contribution in [0.3, 0.4) is 0 Å². The predicted octanol–water partition coefficient (Wildman–Crippen LogP) is 3.71. The molecule has 0 atom stereocenters. The Morgan fingerprint density at radius 2 is 2.08 bits per heavy atom. The molecule has 0 saturated carbocycles. The molecular weight excluding hydrogens is 317 g/mol. The van der Waals surface area contributed by atoms with Crippen molar-refractivity contribution in [1.29, 1.82) is 0 Å². The number of aromatic amines is 1. The van der Waals surface area contributed by atoms with E-state index in [9.17, 15) is 9.18 Å². The molecule has 0 unspecified atom stereocenters. The fraction of sp³-hybridized carbons (Fsp3) is 0.550. The molecule has 0 aliphatic carbocycles. The van der Waals surface area contributed by atoms with Gasteiger partial charge in [0.25, 0.3) is 5.91 Å². The van der Waals surface area contributed by atoms with Gasteiger partial charge in [0.1, 0.15) is 5.82 Å². The van der Waals surface area contributed by atoms with E-state index in [1.165, 1.54) is 12.1 Å². The molecule has 1 aliphatic heterocycles. The van der Waals surface area contributed by atoms with Crippen LogP contribution in [0.5, 0.6) is 0 Å². The molecule has 3 rings (SSSR count). The first-order chi connectivity index (χ1) is 11.9. The Bertz CT molecular complexity index is 745. The minimum absolute atomic E-state index is 0.112. The van der Waals surface area contributed by atoms with Crippen LogP contribution in [-0.4, -0.2) is 42.0 Å². The highest BCUT2D eigenvalue weighted by molar-refractivity contribution is 6.08. The zero-order valence-electron chi connectivity index (χ0n) is 15.4. The van der Waals surface area contributed by atoms with Gasteiger partial charge in [-0.2, -0.15) is 0 Å². The van der Waals surface area contributed by atoms with Gasteiger partial charge in [-0.15, -0.1) is 0 Å². The molecule has 0 radical (unpaired) electrons. The van der Waals surface area contributed by atoms with E-state index in [-0.39, 0.29) is 11.7 Å². The Morgan fingerprint density at radius 1 is 1.36 bits per heavy atom. The van der Waals surface area contributed by atoms with Gasteiger partial charge < -0.3 is 15.2 Å². The molecule has 5 heteroatoms. The molecule has 4 nitrogen and oxygen atoms in total. The zero-order chi connectivity index (χ0) is 18.0. The average Bonchev–Trinajstić information content (AvgIpc) is 2.88. The predicted molar refractivity (Wildman–Crippen MR) is 99.3 cm³/mol. The van der Waals surface area contributed by atoms with Gasteiger partial charge in [-0.1, -0.05) is 13.8 Å². The Hall–Kier alpha value is -1.88. The molecule has 0 spiro atoms. The number of likely N-dealkylation sites (tertiary alicyclic amines) is 1. The number of carbonyl (C=O) groups is 1. The summed E-state index contributed by atoms with van der Waals surface area (Å²) in [5, 5.41) is 3.72. The minimum atomic E-state index is -0.321. The molecule has 2 aromatic rings. The van der Waals surface area contributed by atoms with Crippen LogP contribution in [0.2, 0.25) is 0 Å². The Balaban J connectivity index is 1.59. The molecule has 1 fully saturated rings. The molecule has 2 N–H and O–H groups in total. The maximum absolute atomic E-state index is 13.5. The molecule has 1 aromatic carbocycles. The first-order valence-electron chi connectivity index (χ1n) is 9.22. The van der Waals surface area contributed by atoms with Crippen molar-refractivity contribution in [3.8, 4) is 0 Å². The normalized spacial score (nSPS) is 16.7. The van der Waals surface area contributed by atoms with Crippen molar-refractivity contribution < 1.29 is 9.18 Å². The monoisotopic (exact) mass is 345 g/mol. The smallest absolute Gasteiger partial charge is 0.253 e. The second-order valence-electron chi connectivity index (χ2n) is 7.66. The largest absolute Gasteiger partial charge is 0.358 e. The lowest BCUT2D eigenvalue weighted by atomic mass is 9.96. The SMILES string of the molecule is Cc1[nH]c2ccc(F)cc2c1C(=O)NCC1CCN(CC(C)C)CC1. The lowest BCUT2D eigenvalue weighted by Gasteiger charge is -2.33. The number of aromatic nitrogens is 1. The number of halogens is 1.